The molecule has 0 saturated heterocycles. The molecule has 2 aromatic rings. The van der Waals surface area contributed by atoms with Gasteiger partial charge in [0.2, 0.25) is 0 Å². The fourth-order valence-electron chi connectivity index (χ4n) is 3.12. The molecule has 2 rings (SSSR count). The standard InChI is InChI=1S/C19H26S/c1-6-8-13(2)18-15-9-7-10-16(19(3,4)5)14(15)11-12-17(18)20/h7,9-13,20H,6,8H2,1-5H3. The topological polar surface area (TPSA) is 0 Å². The van der Waals surface area contributed by atoms with Crippen molar-refractivity contribution in [1.29, 1.82) is 0 Å². The van der Waals surface area contributed by atoms with Crippen LogP contribution in [0.3, 0.4) is 0 Å². The minimum Gasteiger partial charge on any atom is -0.143 e. The minimum absolute atomic E-state index is 0.170. The van der Waals surface area contributed by atoms with Gasteiger partial charge in [0.15, 0.2) is 0 Å². The Morgan fingerprint density at radius 1 is 1.05 bits per heavy atom. The maximum Gasteiger partial charge on any atom is 0.00811 e. The predicted molar refractivity (Wildman–Crippen MR) is 93.2 cm³/mol. The monoisotopic (exact) mass is 286 g/mol. The Kier molecular flexibility index (Phi) is 4.49. The summed E-state index contributed by atoms with van der Waals surface area (Å²) in [6.07, 6.45) is 2.43. The summed E-state index contributed by atoms with van der Waals surface area (Å²) in [5.41, 5.74) is 3.01. The Balaban J connectivity index is 2.73. The zero-order valence-electron chi connectivity index (χ0n) is 13.3. The zero-order chi connectivity index (χ0) is 14.9. The highest BCUT2D eigenvalue weighted by Crippen LogP contribution is 2.37. The first-order chi connectivity index (χ1) is 9.36. The second-order valence-corrected chi connectivity index (χ2v) is 7.32. The van der Waals surface area contributed by atoms with E-state index < -0.39 is 0 Å². The second kappa shape index (κ2) is 5.81. The third kappa shape index (κ3) is 2.88. The van der Waals surface area contributed by atoms with Crippen LogP contribution in [0.15, 0.2) is 35.2 Å². The fraction of sp³-hybridized carbons (Fsp3) is 0.474. The average molecular weight is 286 g/mol. The van der Waals surface area contributed by atoms with E-state index >= 15 is 0 Å². The summed E-state index contributed by atoms with van der Waals surface area (Å²) in [6.45, 7) is 11.4. The van der Waals surface area contributed by atoms with E-state index in [1.54, 1.807) is 0 Å². The van der Waals surface area contributed by atoms with E-state index in [1.807, 2.05) is 0 Å². The SMILES string of the molecule is CCCC(C)c1c(S)ccc2c(C(C)(C)C)cccc12. The van der Waals surface area contributed by atoms with E-state index in [-0.39, 0.29) is 5.41 Å². The normalized spacial score (nSPS) is 13.7. The first kappa shape index (κ1) is 15.4. The Hall–Kier alpha value is -0.950. The first-order valence-corrected chi connectivity index (χ1v) is 8.06. The van der Waals surface area contributed by atoms with Gasteiger partial charge in [0, 0.05) is 4.90 Å². The molecule has 20 heavy (non-hydrogen) atoms. The van der Waals surface area contributed by atoms with Gasteiger partial charge in [-0.25, -0.2) is 0 Å². The molecule has 0 aromatic heterocycles. The van der Waals surface area contributed by atoms with Crippen molar-refractivity contribution < 1.29 is 0 Å². The molecule has 0 nitrogen and oxygen atoms in total. The molecule has 0 radical (unpaired) electrons. The maximum absolute atomic E-state index is 4.71. The van der Waals surface area contributed by atoms with Gasteiger partial charge in [-0.15, -0.1) is 12.6 Å². The molecule has 2 aromatic carbocycles. The fourth-order valence-corrected chi connectivity index (χ4v) is 3.53. The molecule has 0 aliphatic heterocycles. The van der Waals surface area contributed by atoms with Crippen LogP contribution in [-0.4, -0.2) is 0 Å². The Bertz CT molecular complexity index is 605. The van der Waals surface area contributed by atoms with Gasteiger partial charge in [0.25, 0.3) is 0 Å². The van der Waals surface area contributed by atoms with Crippen LogP contribution in [0, 0.1) is 0 Å². The van der Waals surface area contributed by atoms with Crippen LogP contribution in [0.5, 0.6) is 0 Å². The predicted octanol–water partition coefficient (Wildman–Crippen LogP) is 6.33. The zero-order valence-corrected chi connectivity index (χ0v) is 14.2. The van der Waals surface area contributed by atoms with Crippen LogP contribution in [0.1, 0.15) is 64.5 Å². The van der Waals surface area contributed by atoms with Crippen LogP contribution in [0.25, 0.3) is 10.8 Å². The van der Waals surface area contributed by atoms with Gasteiger partial charge < -0.3 is 0 Å². The lowest BCUT2D eigenvalue weighted by Gasteiger charge is -2.24. The molecule has 0 fully saturated rings. The van der Waals surface area contributed by atoms with Crippen LogP contribution in [0.4, 0.5) is 0 Å². The van der Waals surface area contributed by atoms with Crippen LogP contribution < -0.4 is 0 Å². The highest BCUT2D eigenvalue weighted by Gasteiger charge is 2.19. The minimum atomic E-state index is 0.170. The third-order valence-electron chi connectivity index (χ3n) is 4.10. The van der Waals surface area contributed by atoms with Gasteiger partial charge in [-0.3, -0.25) is 0 Å². The first-order valence-electron chi connectivity index (χ1n) is 7.61. The van der Waals surface area contributed by atoms with E-state index in [4.69, 9.17) is 12.6 Å². The third-order valence-corrected chi connectivity index (χ3v) is 4.49. The van der Waals surface area contributed by atoms with Crippen molar-refractivity contribution in [3.8, 4) is 0 Å². The maximum atomic E-state index is 4.71. The van der Waals surface area contributed by atoms with E-state index in [1.165, 1.54) is 34.7 Å². The summed E-state index contributed by atoms with van der Waals surface area (Å²) in [4.78, 5) is 1.13. The highest BCUT2D eigenvalue weighted by molar-refractivity contribution is 7.80. The van der Waals surface area contributed by atoms with E-state index in [2.05, 4.69) is 65.0 Å². The smallest absolute Gasteiger partial charge is 0.00811 e. The van der Waals surface area contributed by atoms with Crippen molar-refractivity contribution in [3.05, 3.63) is 41.5 Å². The molecular formula is C19H26S. The number of benzene rings is 2. The van der Waals surface area contributed by atoms with Gasteiger partial charge >= 0.3 is 0 Å². The molecule has 108 valence electrons. The van der Waals surface area contributed by atoms with Crippen molar-refractivity contribution >= 4 is 23.4 Å². The summed E-state index contributed by atoms with van der Waals surface area (Å²) in [5, 5.41) is 2.77. The van der Waals surface area contributed by atoms with Crippen molar-refractivity contribution in [1.82, 2.24) is 0 Å². The number of hydrogen-bond donors (Lipinski definition) is 1. The van der Waals surface area contributed by atoms with Crippen LogP contribution >= 0.6 is 12.6 Å². The quantitative estimate of drug-likeness (QED) is 0.626. The lowest BCUT2D eigenvalue weighted by atomic mass is 9.81. The number of fused-ring (bicyclic) bond motifs is 1. The molecule has 0 spiro atoms. The van der Waals surface area contributed by atoms with Gasteiger partial charge in [-0.1, -0.05) is 65.3 Å². The van der Waals surface area contributed by atoms with Crippen LogP contribution in [0.2, 0.25) is 0 Å². The Morgan fingerprint density at radius 2 is 1.75 bits per heavy atom. The summed E-state index contributed by atoms with van der Waals surface area (Å²) < 4.78 is 0. The number of thiol groups is 1. The van der Waals surface area contributed by atoms with Gasteiger partial charge in [0.05, 0.1) is 0 Å². The molecule has 1 atom stereocenters. The summed E-state index contributed by atoms with van der Waals surface area (Å²) in [6, 6.07) is 11.1. The summed E-state index contributed by atoms with van der Waals surface area (Å²) in [7, 11) is 0. The van der Waals surface area contributed by atoms with Gasteiger partial charge in [0.1, 0.15) is 0 Å². The molecule has 1 unspecified atom stereocenters. The lowest BCUT2D eigenvalue weighted by Crippen LogP contribution is -2.12. The van der Waals surface area contributed by atoms with E-state index in [0.717, 1.165) is 4.90 Å². The molecule has 1 heteroatoms. The van der Waals surface area contributed by atoms with Crippen molar-refractivity contribution in [2.45, 2.75) is 63.7 Å². The van der Waals surface area contributed by atoms with Crippen molar-refractivity contribution in [2.75, 3.05) is 0 Å². The van der Waals surface area contributed by atoms with E-state index in [9.17, 15) is 0 Å². The lowest BCUT2D eigenvalue weighted by molar-refractivity contribution is 0.595. The molecule has 0 saturated carbocycles. The molecular weight excluding hydrogens is 260 g/mol. The Labute approximate surface area is 129 Å². The van der Waals surface area contributed by atoms with Gasteiger partial charge in [-0.05, 0) is 45.7 Å². The Morgan fingerprint density at radius 3 is 2.35 bits per heavy atom. The number of hydrogen-bond acceptors (Lipinski definition) is 1. The second-order valence-electron chi connectivity index (χ2n) is 6.84. The van der Waals surface area contributed by atoms with Crippen LogP contribution in [-0.2, 0) is 5.41 Å². The largest absolute Gasteiger partial charge is 0.143 e. The van der Waals surface area contributed by atoms with Gasteiger partial charge in [-0.2, -0.15) is 0 Å². The van der Waals surface area contributed by atoms with Crippen molar-refractivity contribution in [2.24, 2.45) is 0 Å². The van der Waals surface area contributed by atoms with Crippen molar-refractivity contribution in [3.63, 3.8) is 0 Å². The molecule has 0 aliphatic carbocycles. The highest BCUT2D eigenvalue weighted by atomic mass is 32.1. The molecule has 0 aliphatic rings. The molecule has 0 amide bonds. The summed E-state index contributed by atoms with van der Waals surface area (Å²) in [5.74, 6) is 0.561. The average Bonchev–Trinajstić information content (AvgIpc) is 2.36. The molecule has 0 bridgehead atoms. The number of rotatable bonds is 3. The summed E-state index contributed by atoms with van der Waals surface area (Å²) >= 11 is 4.71. The molecule has 0 N–H and O–H groups in total. The van der Waals surface area contributed by atoms with E-state index in [0.29, 0.717) is 5.92 Å². The molecule has 0 heterocycles.